The Labute approximate surface area is 148 Å². The van der Waals surface area contributed by atoms with Crippen molar-refractivity contribution in [2.24, 2.45) is 0 Å². The summed E-state index contributed by atoms with van der Waals surface area (Å²) in [5.74, 6) is 1.18. The van der Waals surface area contributed by atoms with E-state index in [1.165, 1.54) is 0 Å². The van der Waals surface area contributed by atoms with Crippen LogP contribution in [-0.2, 0) is 9.53 Å². The first-order valence-corrected chi connectivity index (χ1v) is 8.95. The van der Waals surface area contributed by atoms with E-state index in [0.717, 1.165) is 31.4 Å². The minimum absolute atomic E-state index is 0.0878. The van der Waals surface area contributed by atoms with Crippen molar-refractivity contribution in [2.45, 2.75) is 51.7 Å². The quantitative estimate of drug-likeness (QED) is 0.801. The van der Waals surface area contributed by atoms with Gasteiger partial charge in [-0.3, -0.25) is 4.79 Å². The Morgan fingerprint density at radius 3 is 2.88 bits per heavy atom. The van der Waals surface area contributed by atoms with Crippen LogP contribution in [0.25, 0.3) is 11.4 Å². The number of ether oxygens (including phenoxy) is 1. The third-order valence-corrected chi connectivity index (χ3v) is 4.35. The molecule has 0 radical (unpaired) electrons. The lowest BCUT2D eigenvalue weighted by Crippen LogP contribution is -2.39. The fraction of sp³-hybridized carbons (Fsp3) is 0.526. The Morgan fingerprint density at radius 1 is 1.32 bits per heavy atom. The summed E-state index contributed by atoms with van der Waals surface area (Å²) < 4.78 is 11.0. The van der Waals surface area contributed by atoms with Crippen molar-refractivity contribution >= 4 is 5.91 Å². The molecular weight excluding hydrogens is 318 g/mol. The number of benzene rings is 1. The monoisotopic (exact) mass is 343 g/mol. The SMILES string of the molecule is CC(C)OCCC(=O)N1CCCC[C@H]1c1nc(-c2ccccc2)no1. The molecule has 6 heteroatoms. The molecule has 0 unspecified atom stereocenters. The first-order valence-electron chi connectivity index (χ1n) is 8.95. The Balaban J connectivity index is 1.71. The highest BCUT2D eigenvalue weighted by molar-refractivity contribution is 5.76. The maximum absolute atomic E-state index is 12.6. The molecule has 1 aromatic carbocycles. The van der Waals surface area contributed by atoms with Crippen molar-refractivity contribution in [3.05, 3.63) is 36.2 Å². The summed E-state index contributed by atoms with van der Waals surface area (Å²) in [6.45, 7) is 5.11. The Kier molecular flexibility index (Phi) is 5.81. The largest absolute Gasteiger partial charge is 0.378 e. The van der Waals surface area contributed by atoms with Gasteiger partial charge in [0.1, 0.15) is 6.04 Å². The smallest absolute Gasteiger partial charge is 0.249 e. The highest BCUT2D eigenvalue weighted by Gasteiger charge is 2.32. The van der Waals surface area contributed by atoms with Gasteiger partial charge in [0.25, 0.3) is 0 Å². The zero-order valence-corrected chi connectivity index (χ0v) is 14.9. The van der Waals surface area contributed by atoms with Crippen LogP contribution in [0, 0.1) is 0 Å². The van der Waals surface area contributed by atoms with Crippen molar-refractivity contribution in [3.8, 4) is 11.4 Å². The van der Waals surface area contributed by atoms with Crippen LogP contribution in [0.15, 0.2) is 34.9 Å². The first kappa shape index (κ1) is 17.6. The van der Waals surface area contributed by atoms with E-state index in [9.17, 15) is 4.79 Å². The van der Waals surface area contributed by atoms with Gasteiger partial charge in [-0.05, 0) is 33.1 Å². The van der Waals surface area contributed by atoms with Gasteiger partial charge in [-0.2, -0.15) is 4.98 Å². The molecule has 1 saturated heterocycles. The number of carbonyl (C=O) groups is 1. The van der Waals surface area contributed by atoms with E-state index < -0.39 is 0 Å². The zero-order valence-electron chi connectivity index (χ0n) is 14.9. The summed E-state index contributed by atoms with van der Waals surface area (Å²) in [6.07, 6.45) is 3.43. The van der Waals surface area contributed by atoms with Gasteiger partial charge >= 0.3 is 0 Å². The molecule has 2 heterocycles. The number of nitrogens with zero attached hydrogens (tertiary/aromatic N) is 3. The van der Waals surface area contributed by atoms with E-state index in [1.54, 1.807) is 0 Å². The predicted octanol–water partition coefficient (Wildman–Crippen LogP) is 3.61. The molecule has 0 spiro atoms. The van der Waals surface area contributed by atoms with Crippen LogP contribution in [0.5, 0.6) is 0 Å². The molecule has 134 valence electrons. The summed E-state index contributed by atoms with van der Waals surface area (Å²) in [5, 5.41) is 4.09. The van der Waals surface area contributed by atoms with Crippen molar-refractivity contribution in [1.82, 2.24) is 15.0 Å². The van der Waals surface area contributed by atoms with Gasteiger partial charge in [0.2, 0.25) is 17.6 Å². The van der Waals surface area contributed by atoms with Crippen molar-refractivity contribution in [3.63, 3.8) is 0 Å². The van der Waals surface area contributed by atoms with Gasteiger partial charge in [-0.25, -0.2) is 0 Å². The van der Waals surface area contributed by atoms with Gasteiger partial charge in [0, 0.05) is 12.1 Å². The fourth-order valence-corrected chi connectivity index (χ4v) is 3.09. The molecule has 0 saturated carbocycles. The standard InChI is InChI=1S/C19H25N3O3/c1-14(2)24-13-11-17(23)22-12-7-6-10-16(22)19-20-18(21-25-19)15-8-4-3-5-9-15/h3-5,8-9,14,16H,6-7,10-13H2,1-2H3/t16-/m0/s1. The van der Waals surface area contributed by atoms with Crippen molar-refractivity contribution < 1.29 is 14.1 Å². The average molecular weight is 343 g/mol. The average Bonchev–Trinajstić information content (AvgIpc) is 3.12. The summed E-state index contributed by atoms with van der Waals surface area (Å²) in [6, 6.07) is 9.59. The number of carbonyl (C=O) groups excluding carboxylic acids is 1. The lowest BCUT2D eigenvalue weighted by Gasteiger charge is -2.33. The van der Waals surface area contributed by atoms with Crippen LogP contribution >= 0.6 is 0 Å². The van der Waals surface area contributed by atoms with Crippen LogP contribution in [0.2, 0.25) is 0 Å². The Hall–Kier alpha value is -2.21. The van der Waals surface area contributed by atoms with Gasteiger partial charge in [0.15, 0.2) is 0 Å². The number of amides is 1. The maximum Gasteiger partial charge on any atom is 0.249 e. The van der Waals surface area contributed by atoms with E-state index in [1.807, 2.05) is 49.1 Å². The number of hydrogen-bond donors (Lipinski definition) is 0. The van der Waals surface area contributed by atoms with E-state index in [2.05, 4.69) is 10.1 Å². The molecule has 0 N–H and O–H groups in total. The van der Waals surface area contributed by atoms with Crippen LogP contribution in [0.1, 0.15) is 51.5 Å². The van der Waals surface area contributed by atoms with Crippen LogP contribution < -0.4 is 0 Å². The van der Waals surface area contributed by atoms with E-state index in [0.29, 0.717) is 24.7 Å². The third-order valence-electron chi connectivity index (χ3n) is 4.35. The summed E-state index contributed by atoms with van der Waals surface area (Å²) in [5.41, 5.74) is 0.913. The lowest BCUT2D eigenvalue weighted by molar-refractivity contribution is -0.137. The van der Waals surface area contributed by atoms with Crippen LogP contribution in [0.3, 0.4) is 0 Å². The van der Waals surface area contributed by atoms with Gasteiger partial charge < -0.3 is 14.2 Å². The first-order chi connectivity index (χ1) is 12.1. The van der Waals surface area contributed by atoms with Crippen molar-refractivity contribution in [2.75, 3.05) is 13.2 Å². The molecular formula is C19H25N3O3. The minimum Gasteiger partial charge on any atom is -0.378 e. The lowest BCUT2D eigenvalue weighted by atomic mass is 10.0. The number of aromatic nitrogens is 2. The van der Waals surface area contributed by atoms with E-state index in [4.69, 9.17) is 9.26 Å². The summed E-state index contributed by atoms with van der Waals surface area (Å²) in [7, 11) is 0. The van der Waals surface area contributed by atoms with E-state index in [-0.39, 0.29) is 18.1 Å². The third kappa shape index (κ3) is 4.45. The molecule has 3 rings (SSSR count). The molecule has 1 amide bonds. The summed E-state index contributed by atoms with van der Waals surface area (Å²) in [4.78, 5) is 19.0. The van der Waals surface area contributed by atoms with Crippen molar-refractivity contribution in [1.29, 1.82) is 0 Å². The second kappa shape index (κ2) is 8.25. The van der Waals surface area contributed by atoms with Gasteiger partial charge in [0.05, 0.1) is 19.1 Å². The molecule has 0 aliphatic carbocycles. The molecule has 2 aromatic rings. The number of hydrogen-bond acceptors (Lipinski definition) is 5. The van der Waals surface area contributed by atoms with Crippen LogP contribution in [-0.4, -0.2) is 40.2 Å². The molecule has 1 aliphatic rings. The molecule has 1 aliphatic heterocycles. The second-order valence-corrected chi connectivity index (χ2v) is 6.59. The normalized spacial score (nSPS) is 17.9. The zero-order chi connectivity index (χ0) is 17.6. The number of rotatable bonds is 6. The molecule has 1 atom stereocenters. The second-order valence-electron chi connectivity index (χ2n) is 6.59. The Bertz CT molecular complexity index is 684. The maximum atomic E-state index is 12.6. The van der Waals surface area contributed by atoms with E-state index >= 15 is 0 Å². The number of piperidine rings is 1. The highest BCUT2D eigenvalue weighted by Crippen LogP contribution is 2.31. The fourth-order valence-electron chi connectivity index (χ4n) is 3.09. The van der Waals surface area contributed by atoms with Gasteiger partial charge in [-0.1, -0.05) is 35.5 Å². The number of likely N-dealkylation sites (tertiary alicyclic amines) is 1. The Morgan fingerprint density at radius 2 is 2.12 bits per heavy atom. The minimum atomic E-state index is -0.134. The predicted molar refractivity (Wildman–Crippen MR) is 93.7 cm³/mol. The summed E-state index contributed by atoms with van der Waals surface area (Å²) >= 11 is 0. The molecule has 1 fully saturated rings. The molecule has 0 bridgehead atoms. The highest BCUT2D eigenvalue weighted by atomic mass is 16.5. The van der Waals surface area contributed by atoms with Crippen LogP contribution in [0.4, 0.5) is 0 Å². The molecule has 25 heavy (non-hydrogen) atoms. The molecule has 1 aromatic heterocycles. The topological polar surface area (TPSA) is 68.5 Å². The van der Waals surface area contributed by atoms with Gasteiger partial charge in [-0.15, -0.1) is 0 Å². The molecule has 6 nitrogen and oxygen atoms in total.